The third kappa shape index (κ3) is 3.51. The van der Waals surface area contributed by atoms with Crippen molar-refractivity contribution >= 4 is 22.3 Å². The van der Waals surface area contributed by atoms with E-state index in [1.165, 1.54) is 0 Å². The van der Waals surface area contributed by atoms with Crippen LogP contribution in [0, 0.1) is 6.07 Å². The van der Waals surface area contributed by atoms with E-state index in [2.05, 4.69) is 32.2 Å². The maximum atomic E-state index is 5.98. The third-order valence-corrected chi connectivity index (χ3v) is 5.00. The fraction of sp³-hybridized carbons (Fsp3) is 0.227. The van der Waals surface area contributed by atoms with E-state index in [0.717, 1.165) is 38.7 Å². The second-order valence-corrected chi connectivity index (χ2v) is 8.13. The first-order valence-corrected chi connectivity index (χ1v) is 9.45. The monoisotopic (exact) mass is 362 g/mol. The molecule has 0 bridgehead atoms. The minimum atomic E-state index is 0.0379. The van der Waals surface area contributed by atoms with Crippen molar-refractivity contribution in [2.75, 3.05) is 0 Å². The molecular weight excluding hydrogens is 342 g/mol. The molecule has 1 radical (unpaired) electrons. The van der Waals surface area contributed by atoms with Crippen molar-refractivity contribution in [2.45, 2.75) is 32.8 Å². The molecule has 0 atom stereocenters. The highest BCUT2D eigenvalue weighted by atomic mass is 32.1. The van der Waals surface area contributed by atoms with Crippen LogP contribution in [0.1, 0.15) is 32.0 Å². The molecule has 0 saturated carbocycles. The number of rotatable bonds is 4. The van der Waals surface area contributed by atoms with E-state index in [4.69, 9.17) is 14.1 Å². The lowest BCUT2D eigenvalue weighted by molar-refractivity contribution is 0.306. The Morgan fingerprint density at radius 3 is 2.77 bits per heavy atom. The number of nitrogens with zero attached hydrogens (tertiary/aromatic N) is 1. The van der Waals surface area contributed by atoms with E-state index in [9.17, 15) is 0 Å². The molecule has 0 fully saturated rings. The molecule has 2 heterocycles. The molecule has 0 aliphatic heterocycles. The lowest BCUT2D eigenvalue weighted by Gasteiger charge is -2.13. The lowest BCUT2D eigenvalue weighted by atomic mass is 9.93. The molecule has 4 rings (SSSR count). The zero-order valence-electron chi connectivity index (χ0n) is 15.1. The zero-order valence-corrected chi connectivity index (χ0v) is 15.9. The quantitative estimate of drug-likeness (QED) is 0.431. The molecule has 131 valence electrons. The number of ether oxygens (including phenoxy) is 1. The van der Waals surface area contributed by atoms with E-state index >= 15 is 0 Å². The molecule has 4 aromatic rings. The predicted molar refractivity (Wildman–Crippen MR) is 106 cm³/mol. The Balaban J connectivity index is 1.57. The van der Waals surface area contributed by atoms with Crippen LogP contribution in [0.15, 0.2) is 58.3 Å². The molecule has 0 aliphatic carbocycles. The van der Waals surface area contributed by atoms with Crippen LogP contribution in [0.2, 0.25) is 0 Å². The van der Waals surface area contributed by atoms with Crippen LogP contribution in [0.4, 0.5) is 0 Å². The smallest absolute Gasteiger partial charge is 0.164 e. The van der Waals surface area contributed by atoms with Crippen LogP contribution in [-0.2, 0) is 12.0 Å². The Labute approximate surface area is 157 Å². The Hall–Kier alpha value is -2.59. The standard InChI is InChI=1S/C22H20NO2S/c1-22(2,3)20-14-26-21(23-20)19-12-16-11-17(9-10-18(16)25-19)24-13-15-7-5-4-6-8-15/h4-7,9-12,14H,13H2,1-3H3. The number of thiazole rings is 1. The number of benzene rings is 2. The molecule has 26 heavy (non-hydrogen) atoms. The molecule has 2 aromatic heterocycles. The average Bonchev–Trinajstić information content (AvgIpc) is 3.27. The summed E-state index contributed by atoms with van der Waals surface area (Å²) in [4.78, 5) is 4.73. The number of hydrogen-bond donors (Lipinski definition) is 0. The topological polar surface area (TPSA) is 35.3 Å². The summed E-state index contributed by atoms with van der Waals surface area (Å²) in [5, 5.41) is 4.03. The van der Waals surface area contributed by atoms with Crippen LogP contribution in [0.5, 0.6) is 5.75 Å². The second-order valence-electron chi connectivity index (χ2n) is 7.27. The van der Waals surface area contributed by atoms with Crippen LogP contribution in [0.3, 0.4) is 0 Å². The van der Waals surface area contributed by atoms with Gasteiger partial charge in [-0.05, 0) is 35.9 Å². The maximum absolute atomic E-state index is 5.98. The summed E-state index contributed by atoms with van der Waals surface area (Å²) in [6.07, 6.45) is 0. The Kier molecular flexibility index (Phi) is 4.29. The Bertz CT molecular complexity index is 1030. The highest BCUT2D eigenvalue weighted by molar-refractivity contribution is 7.13. The summed E-state index contributed by atoms with van der Waals surface area (Å²) in [5.74, 6) is 1.62. The summed E-state index contributed by atoms with van der Waals surface area (Å²) in [5.41, 5.74) is 2.99. The van der Waals surface area contributed by atoms with Gasteiger partial charge >= 0.3 is 0 Å². The maximum Gasteiger partial charge on any atom is 0.164 e. The highest BCUT2D eigenvalue weighted by Crippen LogP contribution is 2.34. The number of hydrogen-bond acceptors (Lipinski definition) is 4. The minimum Gasteiger partial charge on any atom is -0.489 e. The van der Waals surface area contributed by atoms with Gasteiger partial charge in [0, 0.05) is 16.2 Å². The van der Waals surface area contributed by atoms with Gasteiger partial charge in [0.05, 0.1) is 5.69 Å². The van der Waals surface area contributed by atoms with Gasteiger partial charge in [0.1, 0.15) is 17.9 Å². The molecule has 4 heteroatoms. The fourth-order valence-electron chi connectivity index (χ4n) is 2.63. The summed E-state index contributed by atoms with van der Waals surface area (Å²) in [7, 11) is 0. The van der Waals surface area contributed by atoms with Crippen molar-refractivity contribution < 1.29 is 9.15 Å². The molecule has 3 nitrogen and oxygen atoms in total. The van der Waals surface area contributed by atoms with Crippen LogP contribution in [-0.4, -0.2) is 4.98 Å². The van der Waals surface area contributed by atoms with Crippen molar-refractivity contribution in [3.8, 4) is 16.5 Å². The van der Waals surface area contributed by atoms with Crippen molar-refractivity contribution in [1.82, 2.24) is 4.98 Å². The summed E-state index contributed by atoms with van der Waals surface area (Å²) in [6, 6.07) is 18.9. The molecule has 0 N–H and O–H groups in total. The van der Waals surface area contributed by atoms with Crippen LogP contribution < -0.4 is 4.74 Å². The van der Waals surface area contributed by atoms with Crippen molar-refractivity contribution in [1.29, 1.82) is 0 Å². The number of furan rings is 1. The Morgan fingerprint density at radius 1 is 1.15 bits per heavy atom. The predicted octanol–water partition coefficient (Wildman–Crippen LogP) is 6.23. The van der Waals surface area contributed by atoms with Gasteiger partial charge in [-0.15, -0.1) is 11.3 Å². The van der Waals surface area contributed by atoms with E-state index < -0.39 is 0 Å². The first-order chi connectivity index (χ1) is 12.5. The van der Waals surface area contributed by atoms with Gasteiger partial charge in [-0.2, -0.15) is 0 Å². The average molecular weight is 362 g/mol. The van der Waals surface area contributed by atoms with E-state index in [1.54, 1.807) is 11.3 Å². The SMILES string of the molecule is CC(C)(C)c1csc(-c2cc3cc(OCc4[c]cccc4)ccc3o2)n1. The normalized spacial score (nSPS) is 11.8. The molecule has 0 spiro atoms. The van der Waals surface area contributed by atoms with Crippen molar-refractivity contribution in [3.05, 3.63) is 71.2 Å². The fourth-order valence-corrected chi connectivity index (χ4v) is 3.63. The van der Waals surface area contributed by atoms with Crippen LogP contribution >= 0.6 is 11.3 Å². The van der Waals surface area contributed by atoms with E-state index in [0.29, 0.717) is 6.61 Å². The second kappa shape index (κ2) is 6.61. The minimum absolute atomic E-state index is 0.0379. The van der Waals surface area contributed by atoms with E-state index in [-0.39, 0.29) is 5.41 Å². The van der Waals surface area contributed by atoms with Gasteiger partial charge in [-0.3, -0.25) is 0 Å². The molecule has 0 unspecified atom stereocenters. The van der Waals surface area contributed by atoms with Crippen molar-refractivity contribution in [2.24, 2.45) is 0 Å². The van der Waals surface area contributed by atoms with Gasteiger partial charge in [0.15, 0.2) is 10.8 Å². The molecule has 0 aliphatic rings. The van der Waals surface area contributed by atoms with Gasteiger partial charge in [-0.1, -0.05) is 45.0 Å². The van der Waals surface area contributed by atoms with Crippen molar-refractivity contribution in [3.63, 3.8) is 0 Å². The molecule has 0 amide bonds. The first-order valence-electron chi connectivity index (χ1n) is 8.57. The lowest BCUT2D eigenvalue weighted by Crippen LogP contribution is -2.11. The summed E-state index contributed by atoms with van der Waals surface area (Å²) < 4.78 is 11.9. The number of aromatic nitrogens is 1. The molecule has 0 saturated heterocycles. The first kappa shape index (κ1) is 16.9. The van der Waals surface area contributed by atoms with Gasteiger partial charge in [-0.25, -0.2) is 4.98 Å². The molecule has 2 aromatic carbocycles. The highest BCUT2D eigenvalue weighted by Gasteiger charge is 2.19. The summed E-state index contributed by atoms with van der Waals surface area (Å²) >= 11 is 1.62. The number of fused-ring (bicyclic) bond motifs is 1. The largest absolute Gasteiger partial charge is 0.489 e. The zero-order chi connectivity index (χ0) is 18.1. The Morgan fingerprint density at radius 2 is 2.04 bits per heavy atom. The third-order valence-electron chi connectivity index (χ3n) is 4.14. The van der Waals surface area contributed by atoms with Crippen LogP contribution in [0.25, 0.3) is 21.7 Å². The molecular formula is C22H20NO2S. The van der Waals surface area contributed by atoms with Gasteiger partial charge < -0.3 is 9.15 Å². The van der Waals surface area contributed by atoms with Gasteiger partial charge in [0.2, 0.25) is 0 Å². The van der Waals surface area contributed by atoms with Gasteiger partial charge in [0.25, 0.3) is 0 Å². The summed E-state index contributed by atoms with van der Waals surface area (Å²) in [6.45, 7) is 6.99. The van der Waals surface area contributed by atoms with E-state index in [1.807, 2.05) is 48.5 Å².